The highest BCUT2D eigenvalue weighted by atomic mass is 28.3. The molecule has 3 aliphatic heterocycles. The molecule has 0 unspecified atom stereocenters. The maximum atomic E-state index is 6.08. The summed E-state index contributed by atoms with van der Waals surface area (Å²) in [4.78, 5) is 0. The van der Waals surface area contributed by atoms with Crippen LogP contribution in [0, 0.1) is 0 Å². The molecule has 0 spiro atoms. The molecule has 22 heavy (non-hydrogen) atoms. The molecule has 0 amide bonds. The van der Waals surface area contributed by atoms with E-state index in [0.29, 0.717) is 0 Å². The van der Waals surface area contributed by atoms with Gasteiger partial charge in [-0.15, -0.1) is 0 Å². The third-order valence-electron chi connectivity index (χ3n) is 4.43. The summed E-state index contributed by atoms with van der Waals surface area (Å²) >= 11 is 0. The van der Waals surface area contributed by atoms with Gasteiger partial charge in [0, 0.05) is 19.3 Å². The molecule has 4 heteroatoms. The Kier molecular flexibility index (Phi) is 3.54. The first kappa shape index (κ1) is 13.7. The van der Waals surface area contributed by atoms with Crippen LogP contribution in [0.15, 0.2) is 64.7 Å². The van der Waals surface area contributed by atoms with Crippen LogP contribution in [0.1, 0.15) is 19.3 Å². The van der Waals surface area contributed by atoms with E-state index in [0.717, 1.165) is 55.2 Å². The van der Waals surface area contributed by atoms with Gasteiger partial charge in [0.15, 0.2) is 0 Å². The molecule has 4 rings (SSSR count). The van der Waals surface area contributed by atoms with Gasteiger partial charge in [0.25, 0.3) is 0 Å². The third-order valence-corrected chi connectivity index (χ3v) is 8.89. The summed E-state index contributed by atoms with van der Waals surface area (Å²) in [6.07, 6.45) is 9.63. The minimum Gasteiger partial charge on any atom is -0.501 e. The second kappa shape index (κ2) is 5.69. The van der Waals surface area contributed by atoms with E-state index in [1.807, 2.05) is 0 Å². The van der Waals surface area contributed by atoms with Gasteiger partial charge < -0.3 is 14.2 Å². The highest BCUT2D eigenvalue weighted by Gasteiger charge is 2.54. The van der Waals surface area contributed by atoms with E-state index >= 15 is 0 Å². The Labute approximate surface area is 131 Å². The summed E-state index contributed by atoms with van der Waals surface area (Å²) in [6.45, 7) is 2.28. The van der Waals surface area contributed by atoms with Crippen molar-refractivity contribution in [3.8, 4) is 0 Å². The Bertz CT molecular complexity index is 586. The predicted molar refractivity (Wildman–Crippen MR) is 87.8 cm³/mol. The fraction of sp³-hybridized carbons (Fsp3) is 0.333. The van der Waals surface area contributed by atoms with E-state index in [-0.39, 0.29) is 0 Å². The van der Waals surface area contributed by atoms with Crippen LogP contribution in [0.3, 0.4) is 0 Å². The summed E-state index contributed by atoms with van der Waals surface area (Å²) in [5, 5.41) is 4.53. The van der Waals surface area contributed by atoms with Crippen LogP contribution in [0.2, 0.25) is 0 Å². The van der Waals surface area contributed by atoms with Gasteiger partial charge in [0.05, 0.1) is 36.0 Å². The normalized spacial score (nSPS) is 20.6. The fourth-order valence-electron chi connectivity index (χ4n) is 3.52. The fourth-order valence-corrected chi connectivity index (χ4v) is 8.10. The van der Waals surface area contributed by atoms with Crippen molar-refractivity contribution < 1.29 is 14.2 Å². The highest BCUT2D eigenvalue weighted by Crippen LogP contribution is 2.39. The lowest BCUT2D eigenvalue weighted by Gasteiger charge is -2.33. The summed E-state index contributed by atoms with van der Waals surface area (Å²) in [6, 6.07) is 10.6. The van der Waals surface area contributed by atoms with Gasteiger partial charge in [-0.25, -0.2) is 0 Å². The van der Waals surface area contributed by atoms with Crippen LogP contribution in [0.4, 0.5) is 0 Å². The zero-order valence-corrected chi connectivity index (χ0v) is 13.6. The van der Waals surface area contributed by atoms with Gasteiger partial charge in [0.1, 0.15) is 0 Å². The second-order valence-corrected chi connectivity index (χ2v) is 9.29. The van der Waals surface area contributed by atoms with Crippen molar-refractivity contribution in [2.75, 3.05) is 19.8 Å². The van der Waals surface area contributed by atoms with Crippen molar-refractivity contribution in [3.05, 3.63) is 64.7 Å². The first-order valence-electron chi connectivity index (χ1n) is 7.98. The second-order valence-electron chi connectivity index (χ2n) is 5.73. The lowest BCUT2D eigenvalue weighted by molar-refractivity contribution is 0.234. The molecule has 0 atom stereocenters. The zero-order valence-electron chi connectivity index (χ0n) is 12.6. The van der Waals surface area contributed by atoms with Gasteiger partial charge in [-0.2, -0.15) is 0 Å². The number of hydrogen-bond acceptors (Lipinski definition) is 3. The van der Waals surface area contributed by atoms with Crippen LogP contribution < -0.4 is 5.19 Å². The van der Waals surface area contributed by atoms with E-state index in [1.165, 1.54) is 5.19 Å². The molecule has 0 aliphatic carbocycles. The van der Waals surface area contributed by atoms with Crippen LogP contribution in [0.5, 0.6) is 0 Å². The number of benzene rings is 1. The van der Waals surface area contributed by atoms with Gasteiger partial charge in [-0.3, -0.25) is 0 Å². The quantitative estimate of drug-likeness (QED) is 0.800. The Morgan fingerprint density at radius 2 is 1.09 bits per heavy atom. The van der Waals surface area contributed by atoms with E-state index < -0.39 is 8.07 Å². The molecule has 0 saturated carbocycles. The molecular formula is C18H20O3Si. The van der Waals surface area contributed by atoms with Crippen molar-refractivity contribution in [3.63, 3.8) is 0 Å². The van der Waals surface area contributed by atoms with Crippen molar-refractivity contribution in [2.24, 2.45) is 0 Å². The molecule has 0 bridgehead atoms. The molecule has 0 N–H and O–H groups in total. The van der Waals surface area contributed by atoms with E-state index in [1.54, 1.807) is 0 Å². The molecule has 1 aromatic rings. The SMILES string of the molecule is C1=C([Si](C2=CCCO2)(C2=CCCO2)c2ccccc2)OCC1. The molecule has 0 aromatic heterocycles. The van der Waals surface area contributed by atoms with E-state index in [9.17, 15) is 0 Å². The first-order valence-corrected chi connectivity index (χ1v) is 9.98. The van der Waals surface area contributed by atoms with Crippen LogP contribution in [-0.4, -0.2) is 27.9 Å². The van der Waals surface area contributed by atoms with Crippen LogP contribution in [0.25, 0.3) is 0 Å². The van der Waals surface area contributed by atoms with Crippen molar-refractivity contribution >= 4 is 13.3 Å². The van der Waals surface area contributed by atoms with Gasteiger partial charge >= 0.3 is 8.07 Å². The molecule has 3 aliphatic rings. The third kappa shape index (κ3) is 2.02. The molecule has 0 saturated heterocycles. The van der Waals surface area contributed by atoms with Crippen molar-refractivity contribution in [1.82, 2.24) is 0 Å². The Hall–Kier alpha value is -1.94. The topological polar surface area (TPSA) is 27.7 Å². The molecule has 3 nitrogen and oxygen atoms in total. The standard InChI is InChI=1S/C18H20O3Si/c1-2-7-15(8-3-1)22(16-9-4-12-19-16,17-10-5-13-20-17)18-11-6-14-21-18/h1-3,7-11H,4-6,12-14H2. The average Bonchev–Trinajstić information content (AvgIpc) is 3.34. The molecule has 114 valence electrons. The molecule has 0 radical (unpaired) electrons. The van der Waals surface area contributed by atoms with Gasteiger partial charge in [0.2, 0.25) is 0 Å². The van der Waals surface area contributed by atoms with Gasteiger partial charge in [-0.05, 0) is 23.4 Å². The lowest BCUT2D eigenvalue weighted by Crippen LogP contribution is -2.55. The minimum atomic E-state index is -2.46. The molecule has 1 aromatic carbocycles. The zero-order chi connectivity index (χ0) is 14.8. The monoisotopic (exact) mass is 312 g/mol. The molecule has 3 heterocycles. The first-order chi connectivity index (χ1) is 10.9. The van der Waals surface area contributed by atoms with E-state index in [2.05, 4.69) is 48.6 Å². The predicted octanol–water partition coefficient (Wildman–Crippen LogP) is 2.87. The smallest absolute Gasteiger partial charge is 0.302 e. The van der Waals surface area contributed by atoms with Crippen molar-refractivity contribution in [2.45, 2.75) is 19.3 Å². The molecular weight excluding hydrogens is 292 g/mol. The summed E-state index contributed by atoms with van der Waals surface area (Å²) in [5.41, 5.74) is 0. The van der Waals surface area contributed by atoms with Crippen LogP contribution >= 0.6 is 0 Å². The van der Waals surface area contributed by atoms with Crippen molar-refractivity contribution in [1.29, 1.82) is 0 Å². The van der Waals surface area contributed by atoms with E-state index in [4.69, 9.17) is 14.2 Å². The Balaban J connectivity index is 1.95. The Morgan fingerprint density at radius 1 is 0.636 bits per heavy atom. The minimum absolute atomic E-state index is 0.761. The highest BCUT2D eigenvalue weighted by molar-refractivity contribution is 7.07. The maximum Gasteiger partial charge on any atom is 0.302 e. The van der Waals surface area contributed by atoms with Crippen LogP contribution in [-0.2, 0) is 14.2 Å². The maximum absolute atomic E-state index is 6.08. The van der Waals surface area contributed by atoms with Gasteiger partial charge in [-0.1, -0.05) is 30.3 Å². The number of rotatable bonds is 4. The Morgan fingerprint density at radius 3 is 1.45 bits per heavy atom. The summed E-state index contributed by atoms with van der Waals surface area (Å²) in [7, 11) is -2.46. The summed E-state index contributed by atoms with van der Waals surface area (Å²) < 4.78 is 18.2. The lowest BCUT2D eigenvalue weighted by atomic mass is 10.4. The largest absolute Gasteiger partial charge is 0.501 e. The number of ether oxygens (including phenoxy) is 3. The average molecular weight is 312 g/mol. The molecule has 0 fully saturated rings. The number of hydrogen-bond donors (Lipinski definition) is 0. The summed E-state index contributed by atoms with van der Waals surface area (Å²) in [5.74, 6) is 0.